The van der Waals surface area contributed by atoms with Crippen molar-refractivity contribution in [2.24, 2.45) is 0 Å². The van der Waals surface area contributed by atoms with Crippen LogP contribution >= 0.6 is 15.9 Å². The van der Waals surface area contributed by atoms with Crippen LogP contribution in [0.3, 0.4) is 0 Å². The third-order valence-electron chi connectivity index (χ3n) is 2.35. The molecule has 0 unspecified atom stereocenters. The highest BCUT2D eigenvalue weighted by Gasteiger charge is 2.01. The number of fused-ring (bicyclic) bond motifs is 1. The molecule has 1 aromatic carbocycles. The van der Waals surface area contributed by atoms with E-state index in [1.165, 1.54) is 16.5 Å². The van der Waals surface area contributed by atoms with Gasteiger partial charge in [-0.15, -0.1) is 0 Å². The van der Waals surface area contributed by atoms with Gasteiger partial charge >= 0.3 is 0 Å². The number of rotatable bonds is 0. The minimum absolute atomic E-state index is 1.05. The molecule has 0 bridgehead atoms. The molecule has 0 spiro atoms. The van der Waals surface area contributed by atoms with Gasteiger partial charge in [0.15, 0.2) is 0 Å². The van der Waals surface area contributed by atoms with Crippen LogP contribution < -0.4 is 0 Å². The Balaban J connectivity index is 2.87. The number of hydrogen-bond donors (Lipinski definition) is 0. The zero-order valence-electron chi connectivity index (χ0n) is 7.63. The number of nitrogens with zero attached hydrogens (tertiary/aromatic N) is 1. The lowest BCUT2D eigenvalue weighted by molar-refractivity contribution is 1.28. The summed E-state index contributed by atoms with van der Waals surface area (Å²) in [6, 6.07) is 6.20. The maximum absolute atomic E-state index is 4.37. The predicted octanol–water partition coefficient (Wildman–Crippen LogP) is 3.61. The van der Waals surface area contributed by atoms with E-state index in [4.69, 9.17) is 0 Å². The summed E-state index contributed by atoms with van der Waals surface area (Å²) < 4.78 is 1.08. The number of hydrogen-bond acceptors (Lipinski definition) is 1. The fraction of sp³-hybridized carbons (Fsp3) is 0.182. The van der Waals surface area contributed by atoms with Crippen molar-refractivity contribution in [1.29, 1.82) is 0 Å². The number of aryl methyl sites for hydroxylation is 2. The largest absolute Gasteiger partial charge is 0.256 e. The molecule has 2 heteroatoms. The van der Waals surface area contributed by atoms with Crippen LogP contribution in [0.4, 0.5) is 0 Å². The second kappa shape index (κ2) is 3.11. The minimum atomic E-state index is 1.05. The molecular formula is C11H10BrN. The Morgan fingerprint density at radius 2 is 2.00 bits per heavy atom. The van der Waals surface area contributed by atoms with Crippen LogP contribution in [0, 0.1) is 13.8 Å². The van der Waals surface area contributed by atoms with E-state index in [2.05, 4.69) is 46.9 Å². The summed E-state index contributed by atoms with van der Waals surface area (Å²) in [5.41, 5.74) is 3.62. The second-order valence-electron chi connectivity index (χ2n) is 3.23. The molecule has 0 saturated heterocycles. The number of pyridine rings is 1. The Labute approximate surface area is 85.9 Å². The monoisotopic (exact) mass is 235 g/mol. The third-order valence-corrected chi connectivity index (χ3v) is 2.85. The van der Waals surface area contributed by atoms with E-state index < -0.39 is 0 Å². The van der Waals surface area contributed by atoms with Crippen molar-refractivity contribution in [3.8, 4) is 0 Å². The van der Waals surface area contributed by atoms with Crippen molar-refractivity contribution in [2.75, 3.05) is 0 Å². The standard InChI is InChI=1S/C11H10BrN/c1-7-6-13-11-5-9(12)3-4-10(11)8(7)2/h3-6H,1-2H3. The molecular weight excluding hydrogens is 226 g/mol. The first-order chi connectivity index (χ1) is 6.18. The number of halogens is 1. The lowest BCUT2D eigenvalue weighted by Gasteiger charge is -2.04. The van der Waals surface area contributed by atoms with Gasteiger partial charge in [0.05, 0.1) is 5.52 Å². The first kappa shape index (κ1) is 8.70. The Hall–Kier alpha value is -0.890. The quantitative estimate of drug-likeness (QED) is 0.680. The van der Waals surface area contributed by atoms with E-state index in [1.807, 2.05) is 12.3 Å². The van der Waals surface area contributed by atoms with E-state index in [9.17, 15) is 0 Å². The third kappa shape index (κ3) is 1.46. The smallest absolute Gasteiger partial charge is 0.0716 e. The van der Waals surface area contributed by atoms with Gasteiger partial charge in [0.2, 0.25) is 0 Å². The Kier molecular flexibility index (Phi) is 2.08. The van der Waals surface area contributed by atoms with Gasteiger partial charge in [-0.25, -0.2) is 0 Å². The molecule has 13 heavy (non-hydrogen) atoms. The van der Waals surface area contributed by atoms with Crippen molar-refractivity contribution < 1.29 is 0 Å². The molecule has 0 N–H and O–H groups in total. The van der Waals surface area contributed by atoms with Gasteiger partial charge in [0.1, 0.15) is 0 Å². The molecule has 0 aliphatic carbocycles. The lowest BCUT2D eigenvalue weighted by atomic mass is 10.1. The molecule has 0 aliphatic heterocycles. The van der Waals surface area contributed by atoms with Gasteiger partial charge in [-0.3, -0.25) is 4.98 Å². The summed E-state index contributed by atoms with van der Waals surface area (Å²) in [5.74, 6) is 0. The van der Waals surface area contributed by atoms with E-state index in [1.54, 1.807) is 0 Å². The molecule has 1 nitrogen and oxygen atoms in total. The van der Waals surface area contributed by atoms with E-state index in [-0.39, 0.29) is 0 Å². The fourth-order valence-electron chi connectivity index (χ4n) is 1.40. The van der Waals surface area contributed by atoms with Crippen molar-refractivity contribution in [1.82, 2.24) is 4.98 Å². The molecule has 0 aliphatic rings. The van der Waals surface area contributed by atoms with E-state index in [0.717, 1.165) is 9.99 Å². The Morgan fingerprint density at radius 3 is 2.77 bits per heavy atom. The van der Waals surface area contributed by atoms with Crippen molar-refractivity contribution >= 4 is 26.8 Å². The molecule has 2 rings (SSSR count). The molecule has 1 aromatic heterocycles. The van der Waals surface area contributed by atoms with Crippen LogP contribution in [0.1, 0.15) is 11.1 Å². The van der Waals surface area contributed by atoms with Gasteiger partial charge in [-0.05, 0) is 37.1 Å². The topological polar surface area (TPSA) is 12.9 Å². The molecule has 1 heterocycles. The summed E-state index contributed by atoms with van der Waals surface area (Å²) in [4.78, 5) is 4.37. The normalized spacial score (nSPS) is 10.7. The maximum atomic E-state index is 4.37. The summed E-state index contributed by atoms with van der Waals surface area (Å²) in [6.45, 7) is 4.22. The fourth-order valence-corrected chi connectivity index (χ4v) is 1.75. The van der Waals surface area contributed by atoms with Crippen molar-refractivity contribution in [2.45, 2.75) is 13.8 Å². The molecule has 0 fully saturated rings. The SMILES string of the molecule is Cc1cnc2cc(Br)ccc2c1C. The first-order valence-corrected chi connectivity index (χ1v) is 4.99. The number of aromatic nitrogens is 1. The van der Waals surface area contributed by atoms with Gasteiger partial charge in [-0.1, -0.05) is 22.0 Å². The molecule has 0 atom stereocenters. The highest BCUT2D eigenvalue weighted by molar-refractivity contribution is 9.10. The van der Waals surface area contributed by atoms with Crippen LogP contribution in [0.25, 0.3) is 10.9 Å². The molecule has 0 saturated carbocycles. The maximum Gasteiger partial charge on any atom is 0.0716 e. The highest BCUT2D eigenvalue weighted by atomic mass is 79.9. The summed E-state index contributed by atoms with van der Waals surface area (Å²) in [7, 11) is 0. The van der Waals surface area contributed by atoms with Crippen LogP contribution in [0.2, 0.25) is 0 Å². The van der Waals surface area contributed by atoms with Gasteiger partial charge in [-0.2, -0.15) is 0 Å². The van der Waals surface area contributed by atoms with Gasteiger partial charge in [0.25, 0.3) is 0 Å². The van der Waals surface area contributed by atoms with Gasteiger partial charge in [0, 0.05) is 16.1 Å². The number of benzene rings is 1. The average molecular weight is 236 g/mol. The first-order valence-electron chi connectivity index (χ1n) is 4.20. The van der Waals surface area contributed by atoms with E-state index >= 15 is 0 Å². The Morgan fingerprint density at radius 1 is 1.23 bits per heavy atom. The summed E-state index contributed by atoms with van der Waals surface area (Å²) >= 11 is 3.44. The van der Waals surface area contributed by atoms with Crippen LogP contribution in [0.15, 0.2) is 28.9 Å². The molecule has 2 aromatic rings. The lowest BCUT2D eigenvalue weighted by Crippen LogP contribution is -1.86. The zero-order chi connectivity index (χ0) is 9.42. The van der Waals surface area contributed by atoms with Crippen molar-refractivity contribution in [3.05, 3.63) is 40.0 Å². The van der Waals surface area contributed by atoms with E-state index in [0.29, 0.717) is 0 Å². The highest BCUT2D eigenvalue weighted by Crippen LogP contribution is 2.22. The van der Waals surface area contributed by atoms with Crippen molar-refractivity contribution in [3.63, 3.8) is 0 Å². The van der Waals surface area contributed by atoms with Crippen LogP contribution in [-0.2, 0) is 0 Å². The molecule has 0 radical (unpaired) electrons. The second-order valence-corrected chi connectivity index (χ2v) is 4.14. The zero-order valence-corrected chi connectivity index (χ0v) is 9.22. The minimum Gasteiger partial charge on any atom is -0.256 e. The van der Waals surface area contributed by atoms with Crippen LogP contribution in [-0.4, -0.2) is 4.98 Å². The molecule has 66 valence electrons. The summed E-state index contributed by atoms with van der Waals surface area (Å²) in [6.07, 6.45) is 1.92. The Bertz CT molecular complexity index is 463. The predicted molar refractivity (Wildman–Crippen MR) is 58.9 cm³/mol. The van der Waals surface area contributed by atoms with Crippen LogP contribution in [0.5, 0.6) is 0 Å². The average Bonchev–Trinajstić information content (AvgIpc) is 2.12. The molecule has 0 amide bonds. The summed E-state index contributed by atoms with van der Waals surface area (Å²) in [5, 5.41) is 1.24. The van der Waals surface area contributed by atoms with Gasteiger partial charge < -0.3 is 0 Å².